The summed E-state index contributed by atoms with van der Waals surface area (Å²) >= 11 is 1.85. The van der Waals surface area contributed by atoms with Crippen LogP contribution in [0.2, 0.25) is 0 Å². The van der Waals surface area contributed by atoms with E-state index in [0.29, 0.717) is 0 Å². The lowest BCUT2D eigenvalue weighted by Crippen LogP contribution is -2.40. The maximum absolute atomic E-state index is 6.22. The van der Waals surface area contributed by atoms with Gasteiger partial charge >= 0.3 is 0 Å². The highest BCUT2D eigenvalue weighted by molar-refractivity contribution is 7.99. The van der Waals surface area contributed by atoms with E-state index < -0.39 is 0 Å². The largest absolute Gasteiger partial charge is 0.486 e. The summed E-state index contributed by atoms with van der Waals surface area (Å²) in [4.78, 5) is 1.21. The van der Waals surface area contributed by atoms with E-state index in [4.69, 9.17) is 4.74 Å². The van der Waals surface area contributed by atoms with Crippen LogP contribution in [0.15, 0.2) is 35.4 Å². The molecule has 21 heavy (non-hydrogen) atoms. The monoisotopic (exact) mass is 304 g/mol. The lowest BCUT2D eigenvalue weighted by molar-refractivity contribution is 0.162. The fraction of sp³-hybridized carbons (Fsp3) is 0.467. The molecule has 0 saturated heterocycles. The number of ether oxygens (including phenoxy) is 1. The minimum atomic E-state index is 0.0775. The molecule has 0 aliphatic carbocycles. The molecule has 1 aliphatic heterocycles. The molecule has 0 amide bonds. The molecule has 2 heterocycles. The Morgan fingerprint density at radius 1 is 1.48 bits per heavy atom. The molecule has 1 aliphatic rings. The first kappa shape index (κ1) is 14.4. The second kappa shape index (κ2) is 6.49. The second-order valence-corrected chi connectivity index (χ2v) is 6.19. The number of nitrogens with one attached hydrogen (secondary N) is 1. The summed E-state index contributed by atoms with van der Waals surface area (Å²) in [7, 11) is 1.92. The first-order chi connectivity index (χ1) is 10.3. The van der Waals surface area contributed by atoms with E-state index in [-0.39, 0.29) is 12.1 Å². The van der Waals surface area contributed by atoms with Gasteiger partial charge in [0.25, 0.3) is 0 Å². The van der Waals surface area contributed by atoms with Crippen molar-refractivity contribution in [2.75, 3.05) is 12.3 Å². The molecule has 0 spiro atoms. The highest BCUT2D eigenvalue weighted by Crippen LogP contribution is 2.38. The van der Waals surface area contributed by atoms with E-state index >= 15 is 0 Å². The zero-order valence-corrected chi connectivity index (χ0v) is 13.1. The van der Waals surface area contributed by atoms with Gasteiger partial charge in [-0.3, -0.25) is 4.68 Å². The van der Waals surface area contributed by atoms with Gasteiger partial charge in [0.05, 0.1) is 17.9 Å². The Hall–Kier alpha value is -1.53. The van der Waals surface area contributed by atoms with Gasteiger partial charge in [0.2, 0.25) is 0 Å². The zero-order chi connectivity index (χ0) is 14.7. The third-order valence-corrected chi connectivity index (χ3v) is 4.73. The van der Waals surface area contributed by atoms with Crippen LogP contribution < -0.4 is 10.1 Å². The Labute approximate surface area is 129 Å². The molecule has 5 nitrogen and oxygen atoms in total. The van der Waals surface area contributed by atoms with E-state index in [2.05, 4.69) is 28.6 Å². The highest BCUT2D eigenvalue weighted by atomic mass is 32.2. The number of nitrogens with zero attached hydrogens (tertiary/aromatic N) is 3. The van der Waals surface area contributed by atoms with E-state index in [0.717, 1.165) is 30.2 Å². The fourth-order valence-corrected chi connectivity index (χ4v) is 3.54. The predicted molar refractivity (Wildman–Crippen MR) is 83.6 cm³/mol. The molecule has 1 N–H and O–H groups in total. The summed E-state index contributed by atoms with van der Waals surface area (Å²) in [5.74, 6) is 1.89. The van der Waals surface area contributed by atoms with Gasteiger partial charge in [-0.05, 0) is 25.1 Å². The SMILES string of the molecule is CCCNC(c1cnnn1C)C1CSc2ccccc2O1. The standard InChI is InChI=1S/C15H20N4OS/c1-3-8-16-15(11-9-17-18-19(11)2)13-10-21-14-7-5-4-6-12(14)20-13/h4-7,9,13,15-16H,3,8,10H2,1-2H3. The molecule has 0 saturated carbocycles. The minimum Gasteiger partial charge on any atom is -0.486 e. The summed E-state index contributed by atoms with van der Waals surface area (Å²) in [6.45, 7) is 3.11. The molecule has 0 radical (unpaired) electrons. The number of benzene rings is 1. The molecule has 3 rings (SSSR count). The van der Waals surface area contributed by atoms with E-state index in [1.807, 2.05) is 47.9 Å². The minimum absolute atomic E-state index is 0.0775. The van der Waals surface area contributed by atoms with Crippen molar-refractivity contribution >= 4 is 11.8 Å². The normalized spacial score (nSPS) is 18.9. The van der Waals surface area contributed by atoms with Crippen molar-refractivity contribution in [3.05, 3.63) is 36.2 Å². The average Bonchev–Trinajstić information content (AvgIpc) is 2.94. The number of aryl methyl sites for hydroxylation is 1. The number of fused-ring (bicyclic) bond motifs is 1. The Kier molecular flexibility index (Phi) is 4.45. The number of rotatable bonds is 5. The van der Waals surface area contributed by atoms with E-state index in [9.17, 15) is 0 Å². The van der Waals surface area contributed by atoms with Gasteiger partial charge in [-0.2, -0.15) is 0 Å². The smallest absolute Gasteiger partial charge is 0.133 e. The lowest BCUT2D eigenvalue weighted by atomic mass is 10.1. The average molecular weight is 304 g/mol. The van der Waals surface area contributed by atoms with Crippen LogP contribution in [-0.2, 0) is 7.05 Å². The fourth-order valence-electron chi connectivity index (χ4n) is 2.51. The maximum atomic E-state index is 6.22. The van der Waals surface area contributed by atoms with Crippen LogP contribution in [0.3, 0.4) is 0 Å². The van der Waals surface area contributed by atoms with E-state index in [1.54, 1.807) is 0 Å². The van der Waals surface area contributed by atoms with Crippen molar-refractivity contribution in [3.8, 4) is 5.75 Å². The van der Waals surface area contributed by atoms with Gasteiger partial charge in [-0.1, -0.05) is 24.3 Å². The van der Waals surface area contributed by atoms with Crippen LogP contribution in [0.25, 0.3) is 0 Å². The van der Waals surface area contributed by atoms with Crippen LogP contribution in [0, 0.1) is 0 Å². The molecule has 2 unspecified atom stereocenters. The summed E-state index contributed by atoms with van der Waals surface area (Å²) in [6.07, 6.45) is 2.98. The van der Waals surface area contributed by atoms with E-state index in [1.165, 1.54) is 4.90 Å². The van der Waals surface area contributed by atoms with Crippen LogP contribution in [-0.4, -0.2) is 33.4 Å². The second-order valence-electron chi connectivity index (χ2n) is 5.13. The number of hydrogen-bond donors (Lipinski definition) is 1. The first-order valence-corrected chi connectivity index (χ1v) is 8.24. The molecule has 2 aromatic rings. The van der Waals surface area contributed by atoms with Crippen LogP contribution in [0.4, 0.5) is 0 Å². The Morgan fingerprint density at radius 3 is 3.10 bits per heavy atom. The van der Waals surface area contributed by atoms with Gasteiger partial charge in [0.15, 0.2) is 0 Å². The number of thioether (sulfide) groups is 1. The van der Waals surface area contributed by atoms with Crippen LogP contribution in [0.1, 0.15) is 25.1 Å². The van der Waals surface area contributed by atoms with Crippen molar-refractivity contribution < 1.29 is 4.74 Å². The molecule has 1 aromatic heterocycles. The summed E-state index contributed by atoms with van der Waals surface area (Å²) in [5, 5.41) is 11.6. The Morgan fingerprint density at radius 2 is 2.33 bits per heavy atom. The van der Waals surface area contributed by atoms with Crippen molar-refractivity contribution in [2.24, 2.45) is 7.05 Å². The zero-order valence-electron chi connectivity index (χ0n) is 12.3. The van der Waals surface area contributed by atoms with Crippen molar-refractivity contribution in [1.29, 1.82) is 0 Å². The van der Waals surface area contributed by atoms with Gasteiger partial charge in [0, 0.05) is 17.7 Å². The molecule has 2 atom stereocenters. The molecule has 112 valence electrons. The third-order valence-electron chi connectivity index (χ3n) is 3.58. The summed E-state index contributed by atoms with van der Waals surface area (Å²) in [5.41, 5.74) is 1.06. The van der Waals surface area contributed by atoms with Gasteiger partial charge in [-0.15, -0.1) is 16.9 Å². The molecular weight excluding hydrogens is 284 g/mol. The van der Waals surface area contributed by atoms with Gasteiger partial charge < -0.3 is 10.1 Å². The van der Waals surface area contributed by atoms with Crippen molar-refractivity contribution in [3.63, 3.8) is 0 Å². The van der Waals surface area contributed by atoms with Crippen molar-refractivity contribution in [2.45, 2.75) is 30.4 Å². The summed E-state index contributed by atoms with van der Waals surface area (Å²) < 4.78 is 8.04. The lowest BCUT2D eigenvalue weighted by Gasteiger charge is -2.32. The van der Waals surface area contributed by atoms with Crippen LogP contribution in [0.5, 0.6) is 5.75 Å². The molecular formula is C15H20N4OS. The van der Waals surface area contributed by atoms with Gasteiger partial charge in [-0.25, -0.2) is 0 Å². The Bertz CT molecular complexity index is 601. The number of para-hydroxylation sites is 1. The predicted octanol–water partition coefficient (Wildman–Crippen LogP) is 2.41. The topological polar surface area (TPSA) is 52.0 Å². The molecule has 0 bridgehead atoms. The third kappa shape index (κ3) is 3.06. The van der Waals surface area contributed by atoms with Crippen LogP contribution >= 0.6 is 11.8 Å². The number of hydrogen-bond acceptors (Lipinski definition) is 5. The van der Waals surface area contributed by atoms with Gasteiger partial charge in [0.1, 0.15) is 11.9 Å². The molecule has 1 aromatic carbocycles. The molecule has 0 fully saturated rings. The highest BCUT2D eigenvalue weighted by Gasteiger charge is 2.31. The number of aromatic nitrogens is 3. The maximum Gasteiger partial charge on any atom is 0.133 e. The Balaban J connectivity index is 1.83. The quantitative estimate of drug-likeness (QED) is 0.919. The first-order valence-electron chi connectivity index (χ1n) is 7.26. The molecule has 6 heteroatoms. The van der Waals surface area contributed by atoms with Crippen molar-refractivity contribution in [1.82, 2.24) is 20.3 Å². The summed E-state index contributed by atoms with van der Waals surface area (Å²) in [6, 6.07) is 8.31.